The Hall–Kier alpha value is -2.67. The van der Waals surface area contributed by atoms with Gasteiger partial charge in [-0.3, -0.25) is 0 Å². The molecule has 1 aliphatic heterocycles. The van der Waals surface area contributed by atoms with Crippen LogP contribution < -0.4 is 5.32 Å². The lowest BCUT2D eigenvalue weighted by Crippen LogP contribution is -2.13. The molecule has 1 aliphatic rings. The van der Waals surface area contributed by atoms with Gasteiger partial charge in [0.2, 0.25) is 5.89 Å². The van der Waals surface area contributed by atoms with Gasteiger partial charge >= 0.3 is 6.18 Å². The number of alkyl halides is 3. The molecule has 1 N–H and O–H groups in total. The fraction of sp³-hybridized carbons (Fsp3) is 0.261. The number of aryl methyl sites for hydroxylation is 2. The van der Waals surface area contributed by atoms with E-state index in [0.29, 0.717) is 17.9 Å². The van der Waals surface area contributed by atoms with Crippen LogP contribution in [0.5, 0.6) is 0 Å². The Morgan fingerprint density at radius 3 is 2.37 bits per heavy atom. The first-order chi connectivity index (χ1) is 14.3. The van der Waals surface area contributed by atoms with Crippen molar-refractivity contribution in [1.29, 1.82) is 0 Å². The number of rotatable bonds is 5. The third kappa shape index (κ3) is 4.41. The van der Waals surface area contributed by atoms with Crippen LogP contribution in [0, 0.1) is 6.92 Å². The standard InChI is InChI=1S/C23H21F3N2OS/c1-14-20(29-21(27-14)16-8-10-18(11-9-16)23(24,25)26)13-12-19-15(2)30-22(28-19)17-6-4-3-5-7-17/h3-11,22,28H,12-13H2,1-2H3. The van der Waals surface area contributed by atoms with Crippen LogP contribution in [-0.4, -0.2) is 4.98 Å². The summed E-state index contributed by atoms with van der Waals surface area (Å²) in [6.45, 7) is 3.97. The monoisotopic (exact) mass is 430 g/mol. The molecule has 0 bridgehead atoms. The van der Waals surface area contributed by atoms with Gasteiger partial charge in [0.15, 0.2) is 0 Å². The Morgan fingerprint density at radius 1 is 1.00 bits per heavy atom. The number of thioether (sulfide) groups is 1. The summed E-state index contributed by atoms with van der Waals surface area (Å²) in [5.74, 6) is 1.10. The Morgan fingerprint density at radius 2 is 1.70 bits per heavy atom. The fourth-order valence-corrected chi connectivity index (χ4v) is 4.54. The van der Waals surface area contributed by atoms with E-state index < -0.39 is 11.7 Å². The highest BCUT2D eigenvalue weighted by molar-refractivity contribution is 8.03. The molecule has 0 spiro atoms. The van der Waals surface area contributed by atoms with Gasteiger partial charge in [-0.05, 0) is 50.1 Å². The number of aromatic nitrogens is 1. The first-order valence-electron chi connectivity index (χ1n) is 9.63. The van der Waals surface area contributed by atoms with E-state index in [1.54, 1.807) is 11.8 Å². The lowest BCUT2D eigenvalue weighted by Gasteiger charge is -2.12. The molecule has 2 aromatic carbocycles. The summed E-state index contributed by atoms with van der Waals surface area (Å²) in [5, 5.41) is 3.79. The zero-order valence-electron chi connectivity index (χ0n) is 16.6. The van der Waals surface area contributed by atoms with Crippen molar-refractivity contribution in [2.45, 2.75) is 38.2 Å². The molecule has 2 heterocycles. The number of benzene rings is 2. The fourth-order valence-electron chi connectivity index (χ4n) is 3.39. The predicted octanol–water partition coefficient (Wildman–Crippen LogP) is 6.87. The molecule has 0 saturated carbocycles. The van der Waals surface area contributed by atoms with E-state index in [-0.39, 0.29) is 5.37 Å². The molecule has 0 aliphatic carbocycles. The summed E-state index contributed by atoms with van der Waals surface area (Å²) in [5.41, 5.74) is 3.02. The molecule has 0 saturated heterocycles. The highest BCUT2D eigenvalue weighted by Crippen LogP contribution is 2.41. The van der Waals surface area contributed by atoms with Gasteiger partial charge in [-0.25, -0.2) is 4.98 Å². The number of hydrogen-bond acceptors (Lipinski definition) is 4. The molecular weight excluding hydrogens is 409 g/mol. The molecule has 1 atom stereocenters. The van der Waals surface area contributed by atoms with Crippen LogP contribution in [0.3, 0.4) is 0 Å². The van der Waals surface area contributed by atoms with E-state index in [0.717, 1.165) is 30.0 Å². The highest BCUT2D eigenvalue weighted by atomic mass is 32.2. The molecule has 1 unspecified atom stereocenters. The maximum atomic E-state index is 12.8. The lowest BCUT2D eigenvalue weighted by molar-refractivity contribution is -0.137. The molecule has 3 aromatic rings. The van der Waals surface area contributed by atoms with Crippen molar-refractivity contribution in [3.05, 3.63) is 87.8 Å². The molecule has 156 valence electrons. The van der Waals surface area contributed by atoms with Gasteiger partial charge < -0.3 is 9.73 Å². The molecule has 0 fully saturated rings. The minimum Gasteiger partial charge on any atom is -0.441 e. The topological polar surface area (TPSA) is 38.1 Å². The van der Waals surface area contributed by atoms with Crippen LogP contribution in [0.15, 0.2) is 69.6 Å². The summed E-state index contributed by atoms with van der Waals surface area (Å²) in [6.07, 6.45) is -2.91. The third-order valence-corrected chi connectivity index (χ3v) is 6.31. The second-order valence-electron chi connectivity index (χ2n) is 7.19. The van der Waals surface area contributed by atoms with E-state index in [9.17, 15) is 13.2 Å². The molecular formula is C23H21F3N2OS. The average molecular weight is 430 g/mol. The molecule has 30 heavy (non-hydrogen) atoms. The van der Waals surface area contributed by atoms with Crippen LogP contribution in [0.4, 0.5) is 13.2 Å². The number of allylic oxidation sites excluding steroid dienone is 2. The van der Waals surface area contributed by atoms with Crippen LogP contribution in [0.1, 0.15) is 41.3 Å². The minimum absolute atomic E-state index is 0.208. The third-order valence-electron chi connectivity index (χ3n) is 5.08. The normalized spacial score (nSPS) is 16.8. The first kappa shape index (κ1) is 20.6. The summed E-state index contributed by atoms with van der Waals surface area (Å²) in [6, 6.07) is 15.2. The Bertz CT molecular complexity index is 1060. The Kier molecular flexibility index (Phi) is 5.64. The van der Waals surface area contributed by atoms with Gasteiger partial charge in [0, 0.05) is 22.6 Å². The van der Waals surface area contributed by atoms with Crippen molar-refractivity contribution in [2.75, 3.05) is 0 Å². The van der Waals surface area contributed by atoms with Crippen LogP contribution >= 0.6 is 11.8 Å². The van der Waals surface area contributed by atoms with Crippen LogP contribution in [-0.2, 0) is 12.6 Å². The van der Waals surface area contributed by atoms with Crippen molar-refractivity contribution >= 4 is 11.8 Å². The van der Waals surface area contributed by atoms with Crippen molar-refractivity contribution < 1.29 is 17.6 Å². The Balaban J connectivity index is 1.43. The molecule has 3 nitrogen and oxygen atoms in total. The quantitative estimate of drug-likeness (QED) is 0.479. The Labute approximate surface area is 177 Å². The molecule has 0 radical (unpaired) electrons. The van der Waals surface area contributed by atoms with Crippen molar-refractivity contribution in [3.63, 3.8) is 0 Å². The molecule has 7 heteroatoms. The molecule has 0 amide bonds. The zero-order valence-corrected chi connectivity index (χ0v) is 17.4. The average Bonchev–Trinajstić information content (AvgIpc) is 3.29. The predicted molar refractivity (Wildman–Crippen MR) is 113 cm³/mol. The largest absolute Gasteiger partial charge is 0.441 e. The van der Waals surface area contributed by atoms with E-state index in [4.69, 9.17) is 4.42 Å². The maximum absolute atomic E-state index is 12.8. The number of hydrogen-bond donors (Lipinski definition) is 1. The van der Waals surface area contributed by atoms with Gasteiger partial charge in [-0.1, -0.05) is 42.1 Å². The van der Waals surface area contributed by atoms with E-state index in [2.05, 4.69) is 29.4 Å². The SMILES string of the molecule is CC1=C(CCc2oc(-c3ccc(C(F)(F)F)cc3)nc2C)NC(c2ccccc2)S1. The number of oxazole rings is 1. The van der Waals surface area contributed by atoms with Crippen molar-refractivity contribution in [2.24, 2.45) is 0 Å². The molecule has 4 rings (SSSR count). The summed E-state index contributed by atoms with van der Waals surface area (Å²) >= 11 is 1.80. The van der Waals surface area contributed by atoms with E-state index >= 15 is 0 Å². The van der Waals surface area contributed by atoms with E-state index in [1.165, 1.54) is 28.3 Å². The summed E-state index contributed by atoms with van der Waals surface area (Å²) in [4.78, 5) is 5.66. The zero-order chi connectivity index (χ0) is 21.3. The van der Waals surface area contributed by atoms with Crippen molar-refractivity contribution in [1.82, 2.24) is 10.3 Å². The van der Waals surface area contributed by atoms with Gasteiger partial charge in [0.05, 0.1) is 11.3 Å². The van der Waals surface area contributed by atoms with Crippen LogP contribution in [0.2, 0.25) is 0 Å². The van der Waals surface area contributed by atoms with Gasteiger partial charge in [-0.15, -0.1) is 0 Å². The van der Waals surface area contributed by atoms with Crippen LogP contribution in [0.25, 0.3) is 11.5 Å². The maximum Gasteiger partial charge on any atom is 0.416 e. The number of nitrogens with zero attached hydrogens (tertiary/aromatic N) is 1. The van der Waals surface area contributed by atoms with Gasteiger partial charge in [-0.2, -0.15) is 13.2 Å². The highest BCUT2D eigenvalue weighted by Gasteiger charge is 2.30. The smallest absolute Gasteiger partial charge is 0.416 e. The van der Waals surface area contributed by atoms with Crippen molar-refractivity contribution in [3.8, 4) is 11.5 Å². The minimum atomic E-state index is -4.36. The summed E-state index contributed by atoms with van der Waals surface area (Å²) in [7, 11) is 0. The second-order valence-corrected chi connectivity index (χ2v) is 8.51. The summed E-state index contributed by atoms with van der Waals surface area (Å²) < 4.78 is 44.1. The van der Waals surface area contributed by atoms with Gasteiger partial charge in [0.1, 0.15) is 11.1 Å². The number of nitrogens with one attached hydrogen (secondary N) is 1. The number of halogens is 3. The first-order valence-corrected chi connectivity index (χ1v) is 10.5. The molecule has 1 aromatic heterocycles. The lowest BCUT2D eigenvalue weighted by atomic mass is 10.1. The van der Waals surface area contributed by atoms with Gasteiger partial charge in [0.25, 0.3) is 0 Å². The second kappa shape index (κ2) is 8.22. The van der Waals surface area contributed by atoms with E-state index in [1.807, 2.05) is 25.1 Å².